The summed E-state index contributed by atoms with van der Waals surface area (Å²) in [7, 11) is 0. The lowest BCUT2D eigenvalue weighted by Gasteiger charge is -2.15. The molecule has 3 heteroatoms. The lowest BCUT2D eigenvalue weighted by atomic mass is 9.97. The van der Waals surface area contributed by atoms with Crippen molar-refractivity contribution in [2.75, 3.05) is 0 Å². The smallest absolute Gasteiger partial charge is 0.137 e. The average Bonchev–Trinajstić information content (AvgIpc) is 2.35. The van der Waals surface area contributed by atoms with Crippen molar-refractivity contribution in [3.63, 3.8) is 0 Å². The van der Waals surface area contributed by atoms with Gasteiger partial charge < -0.3 is 0 Å². The Morgan fingerprint density at radius 3 is 2.56 bits per heavy atom. The van der Waals surface area contributed by atoms with Crippen molar-refractivity contribution in [1.29, 1.82) is 0 Å². The summed E-state index contributed by atoms with van der Waals surface area (Å²) in [6.45, 7) is 4.11. The van der Waals surface area contributed by atoms with Crippen LogP contribution in [-0.4, -0.2) is 0 Å². The normalized spacial score (nSPS) is 12.5. The number of hydrogen-bond acceptors (Lipinski definition) is 0. The van der Waals surface area contributed by atoms with Crippen LogP contribution >= 0.6 is 27.5 Å². The van der Waals surface area contributed by atoms with Crippen LogP contribution in [0.3, 0.4) is 0 Å². The molecule has 0 aliphatic rings. The first-order valence-corrected chi connectivity index (χ1v) is 6.89. The largest absolute Gasteiger partial charge is 0.206 e. The van der Waals surface area contributed by atoms with Crippen LogP contribution in [0.2, 0.25) is 0 Å². The summed E-state index contributed by atoms with van der Waals surface area (Å²) in [4.78, 5) is 0. The fourth-order valence-electron chi connectivity index (χ4n) is 1.90. The summed E-state index contributed by atoms with van der Waals surface area (Å²) in [6, 6.07) is 10.9. The second-order valence-electron chi connectivity index (χ2n) is 4.33. The number of benzene rings is 2. The zero-order valence-electron chi connectivity index (χ0n) is 10.2. The molecule has 0 fully saturated rings. The standard InChI is InChI=1S/C15H13BrClF/c1-9-4-3-5-12(10(9)2)15(17)11-6-7-14(18)13(16)8-11/h3-8,15H,1-2H3. The molecule has 0 amide bonds. The second kappa shape index (κ2) is 5.41. The van der Waals surface area contributed by atoms with Crippen LogP contribution < -0.4 is 0 Å². The minimum atomic E-state index is -0.274. The molecule has 0 nitrogen and oxygen atoms in total. The minimum Gasteiger partial charge on any atom is -0.206 e. The quantitative estimate of drug-likeness (QED) is 0.636. The number of halogens is 3. The van der Waals surface area contributed by atoms with Crippen molar-refractivity contribution < 1.29 is 4.39 Å². The van der Waals surface area contributed by atoms with E-state index in [2.05, 4.69) is 35.8 Å². The summed E-state index contributed by atoms with van der Waals surface area (Å²) in [6.07, 6.45) is 0. The maximum absolute atomic E-state index is 13.2. The van der Waals surface area contributed by atoms with Crippen LogP contribution in [0.15, 0.2) is 40.9 Å². The third kappa shape index (κ3) is 2.60. The van der Waals surface area contributed by atoms with E-state index in [0.29, 0.717) is 4.47 Å². The average molecular weight is 328 g/mol. The molecule has 94 valence electrons. The fourth-order valence-corrected chi connectivity index (χ4v) is 2.67. The van der Waals surface area contributed by atoms with Crippen LogP contribution in [0.25, 0.3) is 0 Å². The van der Waals surface area contributed by atoms with Crippen molar-refractivity contribution in [2.45, 2.75) is 19.2 Å². The summed E-state index contributed by atoms with van der Waals surface area (Å²) < 4.78 is 13.7. The van der Waals surface area contributed by atoms with E-state index in [1.54, 1.807) is 12.1 Å². The zero-order valence-corrected chi connectivity index (χ0v) is 12.5. The minimum absolute atomic E-state index is 0.262. The predicted molar refractivity (Wildman–Crippen MR) is 77.7 cm³/mol. The number of alkyl halides is 1. The molecule has 18 heavy (non-hydrogen) atoms. The molecular formula is C15H13BrClF. The van der Waals surface area contributed by atoms with Crippen molar-refractivity contribution in [3.05, 3.63) is 68.9 Å². The van der Waals surface area contributed by atoms with E-state index < -0.39 is 0 Å². The Kier molecular flexibility index (Phi) is 4.08. The first kappa shape index (κ1) is 13.6. The summed E-state index contributed by atoms with van der Waals surface area (Å²) in [5.74, 6) is -0.274. The monoisotopic (exact) mass is 326 g/mol. The Morgan fingerprint density at radius 2 is 1.89 bits per heavy atom. The molecule has 0 spiro atoms. The van der Waals surface area contributed by atoms with Crippen LogP contribution in [0, 0.1) is 19.7 Å². The summed E-state index contributed by atoms with van der Waals surface area (Å²) in [5.41, 5.74) is 4.34. The molecule has 0 radical (unpaired) electrons. The highest BCUT2D eigenvalue weighted by atomic mass is 79.9. The Bertz CT molecular complexity index is 581. The maximum atomic E-state index is 13.2. The number of rotatable bonds is 2. The van der Waals surface area contributed by atoms with Gasteiger partial charge in [0, 0.05) is 0 Å². The van der Waals surface area contributed by atoms with Crippen molar-refractivity contribution in [1.82, 2.24) is 0 Å². The second-order valence-corrected chi connectivity index (χ2v) is 5.62. The van der Waals surface area contributed by atoms with Crippen molar-refractivity contribution in [2.24, 2.45) is 0 Å². The molecule has 2 rings (SSSR count). The number of aryl methyl sites for hydroxylation is 1. The molecule has 2 aromatic rings. The Balaban J connectivity index is 2.44. The highest BCUT2D eigenvalue weighted by Gasteiger charge is 2.15. The highest BCUT2D eigenvalue weighted by Crippen LogP contribution is 2.33. The van der Waals surface area contributed by atoms with Gasteiger partial charge in [-0.2, -0.15) is 0 Å². The summed E-state index contributed by atoms with van der Waals surface area (Å²) in [5, 5.41) is -0.262. The molecule has 0 bridgehead atoms. The van der Waals surface area contributed by atoms with Gasteiger partial charge in [-0.25, -0.2) is 4.39 Å². The van der Waals surface area contributed by atoms with Gasteiger partial charge in [0.15, 0.2) is 0 Å². The molecule has 0 heterocycles. The van der Waals surface area contributed by atoms with Gasteiger partial charge in [0.2, 0.25) is 0 Å². The van der Waals surface area contributed by atoms with E-state index in [9.17, 15) is 4.39 Å². The van der Waals surface area contributed by atoms with E-state index >= 15 is 0 Å². The Hall–Kier alpha value is -0.860. The topological polar surface area (TPSA) is 0 Å². The highest BCUT2D eigenvalue weighted by molar-refractivity contribution is 9.10. The predicted octanol–water partition coefficient (Wildman–Crippen LogP) is 5.53. The van der Waals surface area contributed by atoms with Gasteiger partial charge in [0.05, 0.1) is 9.85 Å². The van der Waals surface area contributed by atoms with Crippen molar-refractivity contribution >= 4 is 27.5 Å². The van der Waals surface area contributed by atoms with Gasteiger partial charge in [0.1, 0.15) is 5.82 Å². The molecule has 0 saturated heterocycles. The zero-order chi connectivity index (χ0) is 13.3. The van der Waals surface area contributed by atoms with Gasteiger partial charge >= 0.3 is 0 Å². The molecule has 2 aromatic carbocycles. The third-order valence-electron chi connectivity index (χ3n) is 3.16. The van der Waals surface area contributed by atoms with Gasteiger partial charge in [0.25, 0.3) is 0 Å². The van der Waals surface area contributed by atoms with Crippen molar-refractivity contribution in [3.8, 4) is 0 Å². The molecule has 1 atom stereocenters. The molecule has 0 saturated carbocycles. The van der Waals surface area contributed by atoms with E-state index in [1.165, 1.54) is 17.2 Å². The lowest BCUT2D eigenvalue weighted by molar-refractivity contribution is 0.620. The molecule has 0 aromatic heterocycles. The first-order chi connectivity index (χ1) is 8.50. The van der Waals surface area contributed by atoms with E-state index in [4.69, 9.17) is 11.6 Å². The molecule has 1 unspecified atom stereocenters. The fraction of sp³-hybridized carbons (Fsp3) is 0.200. The summed E-state index contributed by atoms with van der Waals surface area (Å²) >= 11 is 9.68. The maximum Gasteiger partial charge on any atom is 0.137 e. The van der Waals surface area contributed by atoms with Crippen LogP contribution in [0.4, 0.5) is 4.39 Å². The molecular weight excluding hydrogens is 315 g/mol. The van der Waals surface area contributed by atoms with Gasteiger partial charge in [-0.3, -0.25) is 0 Å². The van der Waals surface area contributed by atoms with Gasteiger partial charge in [-0.1, -0.05) is 24.3 Å². The van der Waals surface area contributed by atoms with Crippen LogP contribution in [-0.2, 0) is 0 Å². The van der Waals surface area contributed by atoms with Gasteiger partial charge in [-0.05, 0) is 64.2 Å². The first-order valence-electron chi connectivity index (χ1n) is 5.66. The van der Waals surface area contributed by atoms with E-state index in [-0.39, 0.29) is 11.2 Å². The molecule has 0 N–H and O–H groups in total. The molecule has 0 aliphatic heterocycles. The van der Waals surface area contributed by atoms with E-state index in [0.717, 1.165) is 11.1 Å². The SMILES string of the molecule is Cc1cccc(C(Cl)c2ccc(F)c(Br)c2)c1C. The molecule has 0 aliphatic carbocycles. The van der Waals surface area contributed by atoms with Crippen LogP contribution in [0.1, 0.15) is 27.6 Å². The van der Waals surface area contributed by atoms with Crippen LogP contribution in [0.5, 0.6) is 0 Å². The Morgan fingerprint density at radius 1 is 1.17 bits per heavy atom. The Labute approximate surface area is 120 Å². The van der Waals surface area contributed by atoms with Gasteiger partial charge in [-0.15, -0.1) is 11.6 Å². The van der Waals surface area contributed by atoms with E-state index in [1.807, 2.05) is 12.1 Å². The number of hydrogen-bond donors (Lipinski definition) is 0. The lowest BCUT2D eigenvalue weighted by Crippen LogP contribution is -1.98. The third-order valence-corrected chi connectivity index (χ3v) is 4.25.